The lowest BCUT2D eigenvalue weighted by Gasteiger charge is -2.36. The first-order valence-electron chi connectivity index (χ1n) is 10.9. The number of piperazine rings is 1. The molecule has 10 nitrogen and oxygen atoms in total. The quantitative estimate of drug-likeness (QED) is 0.404. The maximum absolute atomic E-state index is 12.4. The van der Waals surface area contributed by atoms with Gasteiger partial charge in [0.25, 0.3) is 0 Å². The minimum atomic E-state index is 0.0353. The number of aliphatic imine (C=N–C) groups is 1. The van der Waals surface area contributed by atoms with E-state index in [4.69, 9.17) is 0 Å². The van der Waals surface area contributed by atoms with Crippen LogP contribution in [-0.4, -0.2) is 74.3 Å². The van der Waals surface area contributed by atoms with E-state index in [9.17, 15) is 4.79 Å². The summed E-state index contributed by atoms with van der Waals surface area (Å²) in [5.74, 6) is 2.78. The van der Waals surface area contributed by atoms with Gasteiger partial charge in [0.1, 0.15) is 11.6 Å². The lowest BCUT2D eigenvalue weighted by molar-refractivity contribution is 0.371. The van der Waals surface area contributed by atoms with E-state index in [1.54, 1.807) is 4.68 Å². The van der Waals surface area contributed by atoms with E-state index in [2.05, 4.69) is 41.5 Å². The van der Waals surface area contributed by atoms with Crippen LogP contribution in [0.2, 0.25) is 0 Å². The van der Waals surface area contributed by atoms with Crippen molar-refractivity contribution in [2.75, 3.05) is 44.7 Å². The molecule has 2 aromatic heterocycles. The summed E-state index contributed by atoms with van der Waals surface area (Å²) in [5, 5.41) is 8.96. The molecule has 164 valence electrons. The Balaban J connectivity index is 1.23. The summed E-state index contributed by atoms with van der Waals surface area (Å²) in [5.41, 5.74) is 0.0353. The number of nitrogens with zero attached hydrogens (tertiary/aromatic N) is 8. The average molecular weight is 434 g/mol. The van der Waals surface area contributed by atoms with Gasteiger partial charge in [-0.25, -0.2) is 14.5 Å². The molecular formula is C19H31N9OS. The summed E-state index contributed by atoms with van der Waals surface area (Å²) in [6, 6.07) is 0. The van der Waals surface area contributed by atoms with Crippen LogP contribution in [0.4, 0.5) is 5.13 Å². The smallest absolute Gasteiger partial charge is 0.345 e. The van der Waals surface area contributed by atoms with Crippen LogP contribution >= 0.6 is 11.5 Å². The number of guanidine groups is 1. The molecule has 30 heavy (non-hydrogen) atoms. The Morgan fingerprint density at radius 2 is 2.03 bits per heavy atom. The molecule has 0 aromatic carbocycles. The van der Waals surface area contributed by atoms with Crippen molar-refractivity contribution < 1.29 is 0 Å². The minimum Gasteiger partial charge on any atom is -0.356 e. The molecule has 0 amide bonds. The fourth-order valence-corrected chi connectivity index (χ4v) is 4.78. The molecular weight excluding hydrogens is 402 g/mol. The molecule has 4 rings (SSSR count). The molecule has 4 heterocycles. The normalized spacial score (nSPS) is 17.3. The van der Waals surface area contributed by atoms with Gasteiger partial charge in [0, 0.05) is 77.2 Å². The van der Waals surface area contributed by atoms with Gasteiger partial charge in [-0.05, 0) is 19.3 Å². The summed E-state index contributed by atoms with van der Waals surface area (Å²) < 4.78 is 7.84. The summed E-state index contributed by atoms with van der Waals surface area (Å²) >= 11 is 1.49. The topological polar surface area (TPSA) is 96.5 Å². The molecule has 0 spiro atoms. The van der Waals surface area contributed by atoms with Crippen LogP contribution in [-0.2, 0) is 25.9 Å². The van der Waals surface area contributed by atoms with Crippen molar-refractivity contribution in [3.05, 3.63) is 22.1 Å². The van der Waals surface area contributed by atoms with Crippen LogP contribution in [0.15, 0.2) is 9.79 Å². The Hall–Kier alpha value is -2.43. The number of nitrogens with one attached hydrogen (secondary N) is 1. The molecule has 11 heteroatoms. The summed E-state index contributed by atoms with van der Waals surface area (Å²) in [4.78, 5) is 26.0. The highest BCUT2D eigenvalue weighted by Crippen LogP contribution is 2.19. The van der Waals surface area contributed by atoms with E-state index in [0.717, 1.165) is 94.1 Å². The van der Waals surface area contributed by atoms with Crippen LogP contribution in [0.3, 0.4) is 0 Å². The third-order valence-electron chi connectivity index (χ3n) is 5.70. The Kier molecular flexibility index (Phi) is 6.66. The monoisotopic (exact) mass is 433 g/mol. The van der Waals surface area contributed by atoms with Gasteiger partial charge in [-0.1, -0.05) is 6.92 Å². The standard InChI is InChI=1S/C19H31N9OS/c1-3-15-22-18(30-24-15)26-13-11-25(12-14-26)17(20-2)21-8-6-10-28-19(29)27-9-5-4-7-16(27)23-28/h3-14H2,1-2H3,(H,20,21). The van der Waals surface area contributed by atoms with Gasteiger partial charge in [-0.2, -0.15) is 9.47 Å². The summed E-state index contributed by atoms with van der Waals surface area (Å²) in [6.07, 6.45) is 4.82. The number of anilines is 1. The first kappa shape index (κ1) is 20.8. The maximum atomic E-state index is 12.4. The van der Waals surface area contributed by atoms with Gasteiger partial charge >= 0.3 is 5.69 Å². The maximum Gasteiger partial charge on any atom is 0.345 e. The molecule has 0 atom stereocenters. The van der Waals surface area contributed by atoms with Crippen molar-refractivity contribution in [3.8, 4) is 0 Å². The van der Waals surface area contributed by atoms with Crippen molar-refractivity contribution in [2.45, 2.75) is 52.1 Å². The van der Waals surface area contributed by atoms with Crippen molar-refractivity contribution in [3.63, 3.8) is 0 Å². The molecule has 2 aliphatic rings. The molecule has 0 bridgehead atoms. The van der Waals surface area contributed by atoms with Crippen LogP contribution in [0.25, 0.3) is 0 Å². The van der Waals surface area contributed by atoms with Crippen molar-refractivity contribution in [1.82, 2.24) is 33.9 Å². The molecule has 0 radical (unpaired) electrons. The van der Waals surface area contributed by atoms with E-state index in [1.165, 1.54) is 11.5 Å². The second-order valence-corrected chi connectivity index (χ2v) is 8.41. The van der Waals surface area contributed by atoms with E-state index in [0.29, 0.717) is 6.54 Å². The van der Waals surface area contributed by atoms with Gasteiger partial charge in [0.05, 0.1) is 0 Å². The number of hydrogen-bond donors (Lipinski definition) is 1. The first-order chi connectivity index (χ1) is 14.7. The van der Waals surface area contributed by atoms with Crippen LogP contribution < -0.4 is 15.9 Å². The summed E-state index contributed by atoms with van der Waals surface area (Å²) in [7, 11) is 1.82. The van der Waals surface area contributed by atoms with E-state index in [-0.39, 0.29) is 5.69 Å². The lowest BCUT2D eigenvalue weighted by atomic mass is 10.2. The molecule has 1 saturated heterocycles. The number of aromatic nitrogens is 5. The highest BCUT2D eigenvalue weighted by atomic mass is 32.1. The number of aryl methyl sites for hydroxylation is 3. The van der Waals surface area contributed by atoms with Gasteiger partial charge in [0.15, 0.2) is 5.96 Å². The molecule has 0 unspecified atom stereocenters. The van der Waals surface area contributed by atoms with Crippen molar-refractivity contribution in [1.29, 1.82) is 0 Å². The van der Waals surface area contributed by atoms with Gasteiger partial charge in [-0.3, -0.25) is 9.56 Å². The molecule has 1 fully saturated rings. The van der Waals surface area contributed by atoms with Crippen LogP contribution in [0.1, 0.15) is 37.8 Å². The molecule has 0 saturated carbocycles. The third kappa shape index (κ3) is 4.50. The van der Waals surface area contributed by atoms with E-state index >= 15 is 0 Å². The predicted molar refractivity (Wildman–Crippen MR) is 118 cm³/mol. The van der Waals surface area contributed by atoms with Crippen molar-refractivity contribution >= 4 is 22.6 Å². The molecule has 2 aromatic rings. The number of fused-ring (bicyclic) bond motifs is 1. The number of hydrogen-bond acceptors (Lipinski definition) is 7. The zero-order valence-corrected chi connectivity index (χ0v) is 18.7. The van der Waals surface area contributed by atoms with Gasteiger partial charge in [0.2, 0.25) is 5.13 Å². The highest BCUT2D eigenvalue weighted by molar-refractivity contribution is 7.09. The zero-order chi connectivity index (χ0) is 20.9. The van der Waals surface area contributed by atoms with Gasteiger partial charge < -0.3 is 15.1 Å². The van der Waals surface area contributed by atoms with Gasteiger partial charge in [-0.15, -0.1) is 0 Å². The number of rotatable bonds is 6. The Morgan fingerprint density at radius 3 is 2.73 bits per heavy atom. The summed E-state index contributed by atoms with van der Waals surface area (Å²) in [6.45, 7) is 7.90. The average Bonchev–Trinajstić information content (AvgIpc) is 3.39. The SMILES string of the molecule is CCc1nsc(N2CCN(C(=NC)NCCCn3nc4n(c3=O)CCCC4)CC2)n1. The third-order valence-corrected chi connectivity index (χ3v) is 6.51. The largest absolute Gasteiger partial charge is 0.356 e. The van der Waals surface area contributed by atoms with E-state index in [1.807, 2.05) is 11.6 Å². The lowest BCUT2D eigenvalue weighted by Crippen LogP contribution is -2.52. The fraction of sp³-hybridized carbons (Fsp3) is 0.737. The highest BCUT2D eigenvalue weighted by Gasteiger charge is 2.22. The second kappa shape index (κ2) is 9.59. The second-order valence-electron chi connectivity index (χ2n) is 7.68. The molecule has 0 aliphatic carbocycles. The Bertz CT molecular complexity index is 923. The van der Waals surface area contributed by atoms with E-state index < -0.39 is 0 Å². The predicted octanol–water partition coefficient (Wildman–Crippen LogP) is 0.583. The van der Waals surface area contributed by atoms with Crippen LogP contribution in [0.5, 0.6) is 0 Å². The Morgan fingerprint density at radius 1 is 1.20 bits per heavy atom. The fourth-order valence-electron chi connectivity index (χ4n) is 3.98. The zero-order valence-electron chi connectivity index (χ0n) is 17.9. The van der Waals surface area contributed by atoms with Crippen molar-refractivity contribution in [2.24, 2.45) is 4.99 Å². The molecule has 2 aliphatic heterocycles. The first-order valence-corrected chi connectivity index (χ1v) is 11.7. The van der Waals surface area contributed by atoms with Crippen LogP contribution in [0, 0.1) is 0 Å². The molecule has 1 N–H and O–H groups in total. The Labute approximate surface area is 180 Å². The minimum absolute atomic E-state index is 0.0353.